The second-order valence-electron chi connectivity index (χ2n) is 12.4. The van der Waals surface area contributed by atoms with Crippen LogP contribution in [0, 0.1) is 13.8 Å². The van der Waals surface area contributed by atoms with Crippen LogP contribution in [0.5, 0.6) is 0 Å². The van der Waals surface area contributed by atoms with Crippen LogP contribution >= 0.6 is 57.2 Å². The number of aryl methyl sites for hydroxylation is 2. The molecule has 8 aromatic rings. The number of hydrogen-bond donors (Lipinski definition) is 2. The quantitative estimate of drug-likeness (QED) is 0.119. The first-order valence-electron chi connectivity index (χ1n) is 16.7. The van der Waals surface area contributed by atoms with E-state index in [4.69, 9.17) is 39.8 Å². The highest BCUT2D eigenvalue weighted by Gasteiger charge is 2.27. The molecule has 2 N–H and O–H groups in total. The van der Waals surface area contributed by atoms with Crippen molar-refractivity contribution in [3.8, 4) is 0 Å². The molecule has 0 spiro atoms. The van der Waals surface area contributed by atoms with Crippen LogP contribution in [0.1, 0.15) is 27.8 Å². The van der Waals surface area contributed by atoms with Crippen molar-refractivity contribution in [3.63, 3.8) is 0 Å². The zero-order valence-electron chi connectivity index (χ0n) is 28.2. The molecule has 0 bridgehead atoms. The Bertz CT molecular complexity index is 2670. The van der Waals surface area contributed by atoms with Crippen molar-refractivity contribution in [2.45, 2.75) is 18.9 Å². The number of halogens is 2. The molecule has 0 amide bonds. The minimum Gasteiger partial charge on any atom is -0.457 e. The van der Waals surface area contributed by atoms with Crippen molar-refractivity contribution in [1.82, 2.24) is 0 Å². The van der Waals surface area contributed by atoms with Gasteiger partial charge in [-0.3, -0.25) is 0 Å². The van der Waals surface area contributed by atoms with E-state index < -0.39 is 10.5 Å². The van der Waals surface area contributed by atoms with E-state index in [-0.39, 0.29) is 0 Å². The van der Waals surface area contributed by atoms with Crippen LogP contribution in [0.25, 0.3) is 20.9 Å². The summed E-state index contributed by atoms with van der Waals surface area (Å²) >= 11 is 22.8. The first-order chi connectivity index (χ1) is 25.4. The molecule has 2 aromatic heterocycles. The summed E-state index contributed by atoms with van der Waals surface area (Å²) in [7, 11) is -0.940. The largest absolute Gasteiger partial charge is 0.457 e. The van der Waals surface area contributed by atoms with Gasteiger partial charge in [-0.25, -0.2) is 0 Å². The van der Waals surface area contributed by atoms with Crippen molar-refractivity contribution in [3.05, 3.63) is 183 Å². The Morgan fingerprint density at radius 2 is 1.19 bits per heavy atom. The van der Waals surface area contributed by atoms with Gasteiger partial charge in [0, 0.05) is 70.5 Å². The molecule has 0 aliphatic heterocycles. The number of hydrogen-bond acceptors (Lipinski definition) is 5. The van der Waals surface area contributed by atoms with Gasteiger partial charge in [-0.2, -0.15) is 0 Å². The Morgan fingerprint density at radius 1 is 0.635 bits per heavy atom. The SMILES string of the molecule is Cc1ccccc1Nc1ccc(C(=S)S(=C(c2ccc(Nc3ccccc3C)cc2Cl)c2csc3ccccc23)c2occ3ccccc23)c(Cl)c1. The Balaban J connectivity index is 1.35. The summed E-state index contributed by atoms with van der Waals surface area (Å²) < 4.78 is 8.38. The Hall–Kier alpha value is -4.69. The van der Waals surface area contributed by atoms with E-state index in [2.05, 4.69) is 103 Å². The van der Waals surface area contributed by atoms with E-state index in [0.29, 0.717) is 14.2 Å². The number of rotatable bonds is 8. The van der Waals surface area contributed by atoms with Gasteiger partial charge < -0.3 is 15.1 Å². The van der Waals surface area contributed by atoms with Crippen LogP contribution in [0.3, 0.4) is 0 Å². The predicted octanol–water partition coefficient (Wildman–Crippen LogP) is 14.3. The van der Waals surface area contributed by atoms with Gasteiger partial charge in [0.15, 0.2) is 5.09 Å². The number of thiocarbonyl (C=S) groups is 1. The number of benzene rings is 6. The Kier molecular flexibility index (Phi) is 9.75. The second-order valence-corrected chi connectivity index (χ2v) is 16.6. The molecule has 1 atom stereocenters. The number of fused-ring (bicyclic) bond motifs is 2. The number of para-hydroxylation sites is 2. The molecule has 8 rings (SSSR count). The number of nitrogens with one attached hydrogen (secondary N) is 2. The molecule has 0 aliphatic carbocycles. The monoisotopic (exact) mass is 770 g/mol. The molecule has 256 valence electrons. The highest BCUT2D eigenvalue weighted by molar-refractivity contribution is 8.36. The molecule has 0 saturated carbocycles. The molecule has 52 heavy (non-hydrogen) atoms. The molecular formula is C44H32Cl2N2OS3. The summed E-state index contributed by atoms with van der Waals surface area (Å²) in [4.78, 5) is 0.980. The third-order valence-electron chi connectivity index (χ3n) is 9.03. The fourth-order valence-electron chi connectivity index (χ4n) is 6.30. The zero-order chi connectivity index (χ0) is 35.8. The number of furan rings is 1. The van der Waals surface area contributed by atoms with Gasteiger partial charge in [-0.05, 0) is 79.6 Å². The average Bonchev–Trinajstić information content (AvgIpc) is 3.77. The van der Waals surface area contributed by atoms with Crippen molar-refractivity contribution < 1.29 is 4.42 Å². The van der Waals surface area contributed by atoms with Crippen LogP contribution in [-0.4, -0.2) is 9.06 Å². The average molecular weight is 772 g/mol. The highest BCUT2D eigenvalue weighted by atomic mass is 35.5. The summed E-state index contributed by atoms with van der Waals surface area (Å²) in [6.07, 6.45) is 1.81. The van der Waals surface area contributed by atoms with Gasteiger partial charge >= 0.3 is 0 Å². The van der Waals surface area contributed by atoms with Gasteiger partial charge in [0.2, 0.25) is 0 Å². The van der Waals surface area contributed by atoms with Crippen molar-refractivity contribution in [2.24, 2.45) is 0 Å². The van der Waals surface area contributed by atoms with Gasteiger partial charge in [0.1, 0.15) is 0 Å². The molecule has 1 unspecified atom stereocenters. The third kappa shape index (κ3) is 6.69. The molecule has 0 radical (unpaired) electrons. The summed E-state index contributed by atoms with van der Waals surface area (Å²) in [5.74, 6) is 0. The maximum absolute atomic E-state index is 7.35. The van der Waals surface area contributed by atoms with Crippen LogP contribution in [-0.2, 0) is 0 Å². The van der Waals surface area contributed by atoms with Crippen LogP contribution in [0.4, 0.5) is 22.7 Å². The zero-order valence-corrected chi connectivity index (χ0v) is 32.2. The molecular weight excluding hydrogens is 740 g/mol. The Morgan fingerprint density at radius 3 is 1.83 bits per heavy atom. The van der Waals surface area contributed by atoms with Gasteiger partial charge in [-0.1, -0.05) is 125 Å². The van der Waals surface area contributed by atoms with E-state index in [1.54, 1.807) is 11.3 Å². The lowest BCUT2D eigenvalue weighted by Crippen LogP contribution is -2.10. The lowest BCUT2D eigenvalue weighted by atomic mass is 10.0. The molecule has 0 aliphatic rings. The summed E-state index contributed by atoms with van der Waals surface area (Å²) in [6, 6.07) is 45.2. The number of anilines is 4. The highest BCUT2D eigenvalue weighted by Crippen LogP contribution is 2.46. The number of thiophene rings is 1. The molecule has 6 aromatic carbocycles. The lowest BCUT2D eigenvalue weighted by molar-refractivity contribution is 0.482. The van der Waals surface area contributed by atoms with Crippen molar-refractivity contribution >= 4 is 110 Å². The van der Waals surface area contributed by atoms with E-state index in [9.17, 15) is 0 Å². The summed E-state index contributed by atoms with van der Waals surface area (Å²) in [5.41, 5.74) is 8.80. The normalized spacial score (nSPS) is 12.2. The van der Waals surface area contributed by atoms with Gasteiger partial charge in [-0.15, -0.1) is 11.3 Å². The van der Waals surface area contributed by atoms with Crippen LogP contribution < -0.4 is 10.6 Å². The Labute approximate surface area is 324 Å². The molecule has 0 fully saturated rings. The van der Waals surface area contributed by atoms with Crippen molar-refractivity contribution in [2.75, 3.05) is 10.6 Å². The second kappa shape index (κ2) is 14.7. The summed E-state index contributed by atoms with van der Waals surface area (Å²) in [5, 5.41) is 14.3. The predicted molar refractivity (Wildman–Crippen MR) is 231 cm³/mol. The molecule has 8 heteroatoms. The minimum absolute atomic E-state index is 0.551. The fraction of sp³-hybridized carbons (Fsp3) is 0.0455. The standard InChI is InChI=1S/C44H32Cl2N2OS3/c1-27-11-3-8-16-39(27)47-30-19-21-34(37(45)23-30)42(36-26-51-41-18-10-7-15-33(36)41)52(43-32-14-6-5-13-29(32)25-49-43)44(50)35-22-20-31(24-38(35)46)48-40-17-9-4-12-28(40)2/h3-26,47-48H,1-2H3. The minimum atomic E-state index is -0.940. The first kappa shape index (κ1) is 34.4. The third-order valence-corrected chi connectivity index (χ3v) is 13.5. The smallest absolute Gasteiger partial charge is 0.168 e. The van der Waals surface area contributed by atoms with Gasteiger partial charge in [0.05, 0.1) is 20.5 Å². The van der Waals surface area contributed by atoms with E-state index in [1.165, 1.54) is 4.70 Å². The maximum Gasteiger partial charge on any atom is 0.168 e. The topological polar surface area (TPSA) is 37.2 Å². The van der Waals surface area contributed by atoms with E-state index >= 15 is 0 Å². The van der Waals surface area contributed by atoms with Crippen LogP contribution in [0.15, 0.2) is 155 Å². The van der Waals surface area contributed by atoms with E-state index in [1.807, 2.05) is 66.9 Å². The van der Waals surface area contributed by atoms with Crippen molar-refractivity contribution in [1.29, 1.82) is 0 Å². The fourth-order valence-corrected chi connectivity index (χ4v) is 11.0. The lowest BCUT2D eigenvalue weighted by Gasteiger charge is -2.20. The summed E-state index contributed by atoms with van der Waals surface area (Å²) in [6.45, 7) is 4.16. The van der Waals surface area contributed by atoms with E-state index in [0.717, 1.165) is 76.7 Å². The molecule has 0 saturated heterocycles. The molecule has 3 nitrogen and oxygen atoms in total. The van der Waals surface area contributed by atoms with Gasteiger partial charge in [0.25, 0.3) is 0 Å². The maximum atomic E-state index is 7.35. The van der Waals surface area contributed by atoms with Crippen LogP contribution in [0.2, 0.25) is 10.0 Å². The first-order valence-corrected chi connectivity index (χ1v) is 20.0. The molecule has 2 heterocycles.